The molecule has 0 saturated heterocycles. The van der Waals surface area contributed by atoms with Crippen LogP contribution < -0.4 is 4.90 Å². The molecule has 0 aliphatic heterocycles. The van der Waals surface area contributed by atoms with Crippen LogP contribution in [0.25, 0.3) is 0 Å². The molecule has 1 saturated carbocycles. The van der Waals surface area contributed by atoms with E-state index < -0.39 is 0 Å². The molecule has 234 valence electrons. The van der Waals surface area contributed by atoms with Gasteiger partial charge in [-0.2, -0.15) is 0 Å². The Kier molecular flexibility index (Phi) is 11.2. The molecule has 0 amide bonds. The van der Waals surface area contributed by atoms with Gasteiger partial charge < -0.3 is 14.2 Å². The number of rotatable bonds is 13. The first kappa shape index (κ1) is 32.3. The summed E-state index contributed by atoms with van der Waals surface area (Å²) in [5.74, 6) is 2.86. The largest absolute Gasteiger partial charge is 0.423 e. The van der Waals surface area contributed by atoms with E-state index in [1.54, 1.807) is 0 Å². The second-order valence-electron chi connectivity index (χ2n) is 12.6. The van der Waals surface area contributed by atoms with Crippen LogP contribution in [0, 0.1) is 11.8 Å². The molecule has 44 heavy (non-hydrogen) atoms. The average molecular weight is 613 g/mol. The molecule has 0 N–H and O–H groups in total. The summed E-state index contributed by atoms with van der Waals surface area (Å²) >= 11 is 6.23. The van der Waals surface area contributed by atoms with Crippen LogP contribution in [-0.2, 0) is 13.0 Å². The van der Waals surface area contributed by atoms with E-state index in [0.717, 1.165) is 61.4 Å². The Labute approximate surface area is 269 Å². The third-order valence-corrected chi connectivity index (χ3v) is 9.71. The molecule has 0 radical (unpaired) electrons. The first-order valence-electron chi connectivity index (χ1n) is 16.3. The van der Waals surface area contributed by atoms with E-state index in [1.807, 2.05) is 12.1 Å². The summed E-state index contributed by atoms with van der Waals surface area (Å²) in [6.07, 6.45) is 5.45. The quantitative estimate of drug-likeness (QED) is 0.150. The molecule has 3 aromatic carbocycles. The standard InChI is InChI=1S/C38H49ClN4O/c1-6-43(7-2)36(32-20-18-30(19-21-32)35(41(3)4)31-22-24-33(39)25-23-31)37-40-34(26-28-14-10-8-11-15-28)38(44-37)42(5)27-29-16-12-9-13-17-29/h8-17,22-25,30,32,35-36H,6-7,18-21,26-27H2,1-5H3. The number of halogens is 1. The molecule has 5 nitrogen and oxygen atoms in total. The number of hydrogen-bond acceptors (Lipinski definition) is 5. The Morgan fingerprint density at radius 1 is 0.750 bits per heavy atom. The van der Waals surface area contributed by atoms with Crippen molar-refractivity contribution in [3.8, 4) is 0 Å². The van der Waals surface area contributed by atoms with E-state index in [1.165, 1.54) is 29.5 Å². The molecular formula is C38H49ClN4O. The average Bonchev–Trinajstić information content (AvgIpc) is 3.45. The summed E-state index contributed by atoms with van der Waals surface area (Å²) in [5.41, 5.74) is 4.88. The van der Waals surface area contributed by atoms with Crippen LogP contribution in [0.1, 0.15) is 79.9 Å². The second kappa shape index (κ2) is 15.2. The van der Waals surface area contributed by atoms with Crippen LogP contribution in [0.4, 0.5) is 5.88 Å². The third kappa shape index (κ3) is 7.74. The number of nitrogens with zero attached hydrogens (tertiary/aromatic N) is 4. The SMILES string of the molecule is CCN(CC)C(c1nc(Cc2ccccc2)c(N(C)Cc2ccccc2)o1)C1CCC(C(c2ccc(Cl)cc2)N(C)C)CC1. The molecule has 1 fully saturated rings. The summed E-state index contributed by atoms with van der Waals surface area (Å²) in [6.45, 7) is 7.24. The van der Waals surface area contributed by atoms with Crippen LogP contribution in [0.2, 0.25) is 5.02 Å². The molecule has 0 spiro atoms. The number of hydrogen-bond donors (Lipinski definition) is 0. The highest BCUT2D eigenvalue weighted by atomic mass is 35.5. The van der Waals surface area contributed by atoms with Crippen molar-refractivity contribution in [3.63, 3.8) is 0 Å². The molecule has 5 rings (SSSR count). The molecule has 6 heteroatoms. The maximum absolute atomic E-state index is 6.87. The lowest BCUT2D eigenvalue weighted by Crippen LogP contribution is -2.37. The zero-order valence-corrected chi connectivity index (χ0v) is 27.9. The van der Waals surface area contributed by atoms with Gasteiger partial charge in [0.1, 0.15) is 5.69 Å². The Balaban J connectivity index is 1.42. The second-order valence-corrected chi connectivity index (χ2v) is 13.0. The minimum absolute atomic E-state index is 0.160. The van der Waals surface area contributed by atoms with Crippen molar-refractivity contribution in [1.29, 1.82) is 0 Å². The van der Waals surface area contributed by atoms with E-state index in [4.69, 9.17) is 21.0 Å². The van der Waals surface area contributed by atoms with E-state index in [-0.39, 0.29) is 6.04 Å². The van der Waals surface area contributed by atoms with Gasteiger partial charge in [-0.3, -0.25) is 4.90 Å². The molecule has 4 aromatic rings. The van der Waals surface area contributed by atoms with E-state index in [9.17, 15) is 0 Å². The summed E-state index contributed by atoms with van der Waals surface area (Å²) in [4.78, 5) is 12.5. The number of benzene rings is 3. The van der Waals surface area contributed by atoms with Crippen LogP contribution in [0.15, 0.2) is 89.3 Å². The number of oxazole rings is 1. The lowest BCUT2D eigenvalue weighted by molar-refractivity contribution is 0.0739. The van der Waals surface area contributed by atoms with Gasteiger partial charge in [0.25, 0.3) is 0 Å². The first-order valence-corrected chi connectivity index (χ1v) is 16.7. The third-order valence-electron chi connectivity index (χ3n) is 9.45. The molecule has 1 aliphatic rings. The monoisotopic (exact) mass is 612 g/mol. The number of anilines is 1. The van der Waals surface area contributed by atoms with Gasteiger partial charge in [-0.15, -0.1) is 0 Å². The van der Waals surface area contributed by atoms with Crippen molar-refractivity contribution in [1.82, 2.24) is 14.8 Å². The van der Waals surface area contributed by atoms with E-state index in [0.29, 0.717) is 17.9 Å². The fourth-order valence-corrected chi connectivity index (χ4v) is 7.45. The normalized spacial score (nSPS) is 18.5. The fourth-order valence-electron chi connectivity index (χ4n) is 7.32. The topological polar surface area (TPSA) is 35.8 Å². The Morgan fingerprint density at radius 3 is 1.84 bits per heavy atom. The van der Waals surface area contributed by atoms with Crippen molar-refractivity contribution in [2.75, 3.05) is 39.1 Å². The minimum Gasteiger partial charge on any atom is -0.423 e. The lowest BCUT2D eigenvalue weighted by atomic mass is 9.73. The first-order chi connectivity index (χ1) is 21.4. The number of aromatic nitrogens is 1. The van der Waals surface area contributed by atoms with Gasteiger partial charge in [-0.25, -0.2) is 4.98 Å². The van der Waals surface area contributed by atoms with Crippen molar-refractivity contribution < 1.29 is 4.42 Å². The highest BCUT2D eigenvalue weighted by Gasteiger charge is 2.38. The maximum Gasteiger partial charge on any atom is 0.220 e. The Morgan fingerprint density at radius 2 is 1.30 bits per heavy atom. The fraction of sp³-hybridized carbons (Fsp3) is 0.447. The molecule has 1 aromatic heterocycles. The lowest BCUT2D eigenvalue weighted by Gasteiger charge is -2.41. The predicted molar refractivity (Wildman–Crippen MR) is 183 cm³/mol. The smallest absolute Gasteiger partial charge is 0.220 e. The molecule has 0 bridgehead atoms. The highest BCUT2D eigenvalue weighted by molar-refractivity contribution is 6.30. The highest BCUT2D eigenvalue weighted by Crippen LogP contribution is 2.45. The molecule has 2 unspecified atom stereocenters. The van der Waals surface area contributed by atoms with Crippen LogP contribution >= 0.6 is 11.6 Å². The zero-order valence-electron chi connectivity index (χ0n) is 27.1. The minimum atomic E-state index is 0.160. The molecule has 1 aliphatic carbocycles. The van der Waals surface area contributed by atoms with Crippen molar-refractivity contribution in [2.24, 2.45) is 11.8 Å². The zero-order chi connectivity index (χ0) is 31.1. The predicted octanol–water partition coefficient (Wildman–Crippen LogP) is 9.05. The van der Waals surface area contributed by atoms with Crippen LogP contribution in [0.5, 0.6) is 0 Å². The molecule has 1 heterocycles. The van der Waals surface area contributed by atoms with Gasteiger partial charge in [0, 0.05) is 31.1 Å². The van der Waals surface area contributed by atoms with Crippen molar-refractivity contribution in [3.05, 3.63) is 118 Å². The van der Waals surface area contributed by atoms with Crippen molar-refractivity contribution >= 4 is 17.5 Å². The van der Waals surface area contributed by atoms with Crippen molar-refractivity contribution in [2.45, 2.75) is 64.6 Å². The van der Waals surface area contributed by atoms with Gasteiger partial charge in [0.05, 0.1) is 6.04 Å². The van der Waals surface area contributed by atoms with E-state index >= 15 is 0 Å². The van der Waals surface area contributed by atoms with Crippen LogP contribution in [0.3, 0.4) is 0 Å². The molecular weight excluding hydrogens is 564 g/mol. The van der Waals surface area contributed by atoms with Gasteiger partial charge in [-0.05, 0) is 93.5 Å². The summed E-state index contributed by atoms with van der Waals surface area (Å²) in [6, 6.07) is 30.2. The van der Waals surface area contributed by atoms with Crippen LogP contribution in [-0.4, -0.2) is 49.0 Å². The Bertz CT molecular complexity index is 1410. The van der Waals surface area contributed by atoms with E-state index in [2.05, 4.69) is 122 Å². The Hall–Kier alpha value is -3.12. The summed E-state index contributed by atoms with van der Waals surface area (Å²) in [7, 11) is 6.54. The summed E-state index contributed by atoms with van der Waals surface area (Å²) < 4.78 is 6.87. The maximum atomic E-state index is 6.87. The van der Waals surface area contributed by atoms with Gasteiger partial charge >= 0.3 is 0 Å². The summed E-state index contributed by atoms with van der Waals surface area (Å²) in [5, 5.41) is 0.795. The van der Waals surface area contributed by atoms with Gasteiger partial charge in [0.15, 0.2) is 0 Å². The van der Waals surface area contributed by atoms with Gasteiger partial charge in [0.2, 0.25) is 11.8 Å². The van der Waals surface area contributed by atoms with Gasteiger partial charge in [-0.1, -0.05) is 98.2 Å². The molecule has 2 atom stereocenters.